The highest BCUT2D eigenvalue weighted by Gasteiger charge is 2.18. The van der Waals surface area contributed by atoms with Crippen molar-refractivity contribution in [2.24, 2.45) is 0 Å². The Kier molecular flexibility index (Phi) is 9.11. The van der Waals surface area contributed by atoms with Gasteiger partial charge in [0, 0.05) is 17.7 Å². The summed E-state index contributed by atoms with van der Waals surface area (Å²) in [6.45, 7) is 2.24. The number of hydrogen-bond donors (Lipinski definition) is 0. The van der Waals surface area contributed by atoms with Crippen LogP contribution in [-0.4, -0.2) is 20.0 Å². The fraction of sp³-hybridized carbons (Fsp3) is 0.429. The van der Waals surface area contributed by atoms with Crippen LogP contribution >= 0.6 is 0 Å². The highest BCUT2D eigenvalue weighted by atomic mass is 16.5. The Morgan fingerprint density at radius 1 is 0.848 bits per heavy atom. The summed E-state index contributed by atoms with van der Waals surface area (Å²) in [6, 6.07) is 12.4. The average molecular weight is 451 g/mol. The number of carbonyl (C=O) groups is 1. The van der Waals surface area contributed by atoms with Crippen LogP contribution in [0.25, 0.3) is 11.0 Å². The fourth-order valence-electron chi connectivity index (χ4n) is 4.05. The molecule has 0 atom stereocenters. The van der Waals surface area contributed by atoms with Crippen LogP contribution in [-0.2, 0) is 6.42 Å². The third kappa shape index (κ3) is 6.47. The maximum atomic E-state index is 13.0. The molecule has 0 N–H and O–H groups in total. The fourth-order valence-corrected chi connectivity index (χ4v) is 4.05. The smallest absolute Gasteiger partial charge is 0.347 e. The topological polar surface area (TPSA) is 65.7 Å². The van der Waals surface area contributed by atoms with Crippen molar-refractivity contribution in [1.82, 2.24) is 0 Å². The van der Waals surface area contributed by atoms with Crippen LogP contribution in [0.15, 0.2) is 51.7 Å². The monoisotopic (exact) mass is 450 g/mol. The van der Waals surface area contributed by atoms with Gasteiger partial charge in [0.25, 0.3) is 0 Å². The van der Waals surface area contributed by atoms with Gasteiger partial charge in [-0.1, -0.05) is 76.1 Å². The van der Waals surface area contributed by atoms with Crippen LogP contribution in [0.1, 0.15) is 79.8 Å². The molecule has 3 rings (SSSR count). The van der Waals surface area contributed by atoms with Crippen molar-refractivity contribution in [2.75, 3.05) is 14.2 Å². The number of rotatable bonds is 13. The quantitative estimate of drug-likeness (QED) is 0.164. The summed E-state index contributed by atoms with van der Waals surface area (Å²) in [7, 11) is 3.04. The molecular formula is C28H34O5. The number of unbranched alkanes of at least 4 members (excludes halogenated alkanes) is 7. The second kappa shape index (κ2) is 12.2. The third-order valence-electron chi connectivity index (χ3n) is 6.02. The molecule has 0 aliphatic carbocycles. The number of benzene rings is 2. The zero-order chi connectivity index (χ0) is 23.6. The molecule has 0 aliphatic heterocycles. The van der Waals surface area contributed by atoms with Crippen LogP contribution in [0.4, 0.5) is 0 Å². The van der Waals surface area contributed by atoms with E-state index in [0.29, 0.717) is 28.0 Å². The van der Waals surface area contributed by atoms with Crippen molar-refractivity contribution < 1.29 is 18.7 Å². The molecule has 0 aliphatic rings. The molecule has 0 fully saturated rings. The van der Waals surface area contributed by atoms with E-state index < -0.39 is 5.63 Å². The first-order valence-corrected chi connectivity index (χ1v) is 11.9. The Morgan fingerprint density at radius 2 is 1.52 bits per heavy atom. The van der Waals surface area contributed by atoms with E-state index in [1.54, 1.807) is 24.3 Å². The summed E-state index contributed by atoms with van der Waals surface area (Å²) in [4.78, 5) is 25.6. The molecule has 5 nitrogen and oxygen atoms in total. The van der Waals surface area contributed by atoms with Crippen LogP contribution in [0, 0.1) is 0 Å². The maximum absolute atomic E-state index is 13.0. The van der Waals surface area contributed by atoms with E-state index in [-0.39, 0.29) is 11.3 Å². The number of aryl methyl sites for hydroxylation is 1. The molecule has 0 spiro atoms. The highest BCUT2D eigenvalue weighted by molar-refractivity contribution is 6.10. The first-order chi connectivity index (χ1) is 16.1. The van der Waals surface area contributed by atoms with Gasteiger partial charge >= 0.3 is 5.63 Å². The Bertz CT molecular complexity index is 1110. The van der Waals surface area contributed by atoms with E-state index in [9.17, 15) is 9.59 Å². The summed E-state index contributed by atoms with van der Waals surface area (Å²) in [5, 5.41) is 0.549. The molecule has 1 aromatic heterocycles. The lowest BCUT2D eigenvalue weighted by atomic mass is 9.99. The van der Waals surface area contributed by atoms with Gasteiger partial charge in [-0.25, -0.2) is 4.79 Å². The minimum absolute atomic E-state index is 0.0122. The average Bonchev–Trinajstić information content (AvgIpc) is 2.84. The Morgan fingerprint density at radius 3 is 2.15 bits per heavy atom. The molecule has 176 valence electrons. The van der Waals surface area contributed by atoms with Gasteiger partial charge in [0.05, 0.1) is 19.6 Å². The lowest BCUT2D eigenvalue weighted by Gasteiger charge is -2.09. The van der Waals surface area contributed by atoms with Gasteiger partial charge in [0.1, 0.15) is 22.6 Å². The number of hydrogen-bond acceptors (Lipinski definition) is 5. The molecule has 5 heteroatoms. The van der Waals surface area contributed by atoms with E-state index in [1.807, 2.05) is 12.1 Å². The number of fused-ring (bicyclic) bond motifs is 1. The Balaban J connectivity index is 1.65. The third-order valence-corrected chi connectivity index (χ3v) is 6.02. The Labute approximate surface area is 195 Å². The standard InChI is InChI=1S/C28H34O5/c1-4-5-6-7-8-9-10-11-12-20-13-15-21(16-14-20)27(29)24-19-23-25(32-3)17-22(31-2)18-26(23)33-28(24)30/h13-19H,4-12H2,1-3H3. The molecule has 1 heterocycles. The van der Waals surface area contributed by atoms with Gasteiger partial charge in [-0.05, 0) is 24.5 Å². The first kappa shape index (κ1) is 24.6. The summed E-state index contributed by atoms with van der Waals surface area (Å²) in [6.07, 6.45) is 11.3. The summed E-state index contributed by atoms with van der Waals surface area (Å²) in [5.74, 6) is 0.624. The molecule has 3 aromatic rings. The van der Waals surface area contributed by atoms with E-state index in [4.69, 9.17) is 13.9 Å². The first-order valence-electron chi connectivity index (χ1n) is 11.9. The molecule has 0 saturated carbocycles. The molecule has 2 aromatic carbocycles. The molecule has 33 heavy (non-hydrogen) atoms. The van der Waals surface area contributed by atoms with E-state index in [0.717, 1.165) is 12.8 Å². The molecule has 0 radical (unpaired) electrons. The highest BCUT2D eigenvalue weighted by Crippen LogP contribution is 2.31. The van der Waals surface area contributed by atoms with E-state index >= 15 is 0 Å². The predicted octanol–water partition coefficient (Wildman–Crippen LogP) is 6.72. The minimum atomic E-state index is -0.675. The van der Waals surface area contributed by atoms with Gasteiger partial charge in [0.2, 0.25) is 0 Å². The van der Waals surface area contributed by atoms with Crippen LogP contribution in [0.3, 0.4) is 0 Å². The van der Waals surface area contributed by atoms with Crippen molar-refractivity contribution in [2.45, 2.75) is 64.7 Å². The second-order valence-electron chi connectivity index (χ2n) is 8.44. The summed E-state index contributed by atoms with van der Waals surface area (Å²) < 4.78 is 16.0. The summed E-state index contributed by atoms with van der Waals surface area (Å²) >= 11 is 0. The van der Waals surface area contributed by atoms with E-state index in [1.165, 1.54) is 70.8 Å². The van der Waals surface area contributed by atoms with Crippen LogP contribution < -0.4 is 15.1 Å². The maximum Gasteiger partial charge on any atom is 0.347 e. The Hall–Kier alpha value is -3.08. The lowest BCUT2D eigenvalue weighted by Crippen LogP contribution is -2.15. The van der Waals surface area contributed by atoms with Crippen molar-refractivity contribution in [1.29, 1.82) is 0 Å². The SMILES string of the molecule is CCCCCCCCCCc1ccc(C(=O)c2cc3c(OC)cc(OC)cc3oc2=O)cc1. The van der Waals surface area contributed by atoms with Gasteiger partial charge in [0.15, 0.2) is 5.78 Å². The molecule has 0 amide bonds. The normalized spacial score (nSPS) is 11.0. The van der Waals surface area contributed by atoms with Gasteiger partial charge in [-0.15, -0.1) is 0 Å². The number of carbonyl (C=O) groups excluding carboxylic acids is 1. The lowest BCUT2D eigenvalue weighted by molar-refractivity contribution is 0.103. The zero-order valence-electron chi connectivity index (χ0n) is 19.9. The minimum Gasteiger partial charge on any atom is -0.496 e. The molecular weight excluding hydrogens is 416 g/mol. The summed E-state index contributed by atoms with van der Waals surface area (Å²) in [5.41, 5.74) is 1.30. The van der Waals surface area contributed by atoms with Crippen molar-refractivity contribution in [3.63, 3.8) is 0 Å². The van der Waals surface area contributed by atoms with Crippen molar-refractivity contribution in [3.8, 4) is 11.5 Å². The number of ether oxygens (including phenoxy) is 2. The zero-order valence-corrected chi connectivity index (χ0v) is 19.9. The molecule has 0 saturated heterocycles. The van der Waals surface area contributed by atoms with Gasteiger partial charge in [-0.3, -0.25) is 4.79 Å². The number of ketones is 1. The molecule has 0 bridgehead atoms. The van der Waals surface area contributed by atoms with E-state index in [2.05, 4.69) is 6.92 Å². The van der Waals surface area contributed by atoms with Crippen molar-refractivity contribution >= 4 is 16.8 Å². The van der Waals surface area contributed by atoms with Gasteiger partial charge < -0.3 is 13.9 Å². The van der Waals surface area contributed by atoms with Crippen molar-refractivity contribution in [3.05, 3.63) is 69.6 Å². The molecule has 0 unspecified atom stereocenters. The van der Waals surface area contributed by atoms with Crippen LogP contribution in [0.2, 0.25) is 0 Å². The predicted molar refractivity (Wildman–Crippen MR) is 132 cm³/mol. The second-order valence-corrected chi connectivity index (χ2v) is 8.44. The largest absolute Gasteiger partial charge is 0.496 e. The van der Waals surface area contributed by atoms with Gasteiger partial charge in [-0.2, -0.15) is 0 Å². The number of methoxy groups -OCH3 is 2. The van der Waals surface area contributed by atoms with Crippen LogP contribution in [0.5, 0.6) is 11.5 Å².